The number of hydrogen-bond acceptors (Lipinski definition) is 2. The summed E-state index contributed by atoms with van der Waals surface area (Å²) in [5.41, 5.74) is 5.05. The molecule has 0 saturated carbocycles. The zero-order valence-electron chi connectivity index (χ0n) is 11.6. The van der Waals surface area contributed by atoms with Crippen LogP contribution in [0.1, 0.15) is 18.1 Å². The van der Waals surface area contributed by atoms with Crippen LogP contribution in [0, 0.1) is 6.92 Å². The number of benzene rings is 2. The zero-order valence-corrected chi connectivity index (χ0v) is 11.6. The van der Waals surface area contributed by atoms with Crippen LogP contribution >= 0.6 is 0 Å². The van der Waals surface area contributed by atoms with Crippen molar-refractivity contribution in [3.8, 4) is 11.1 Å². The van der Waals surface area contributed by atoms with Gasteiger partial charge in [0.1, 0.15) is 0 Å². The molecule has 100 valence electrons. The molecule has 2 aromatic rings. The van der Waals surface area contributed by atoms with E-state index in [0.717, 1.165) is 6.54 Å². The molecule has 0 aliphatic rings. The molecule has 0 heterocycles. The fourth-order valence-electron chi connectivity index (χ4n) is 2.10. The summed E-state index contributed by atoms with van der Waals surface area (Å²) >= 11 is 0. The molecular weight excluding hydrogens is 234 g/mol. The Bertz CT molecular complexity index is 536. The van der Waals surface area contributed by atoms with Crippen molar-refractivity contribution >= 4 is 0 Å². The normalized spacial score (nSPS) is 12.4. The smallest absolute Gasteiger partial charge is 0.0582 e. The Morgan fingerprint density at radius 2 is 1.89 bits per heavy atom. The Kier molecular flexibility index (Phi) is 4.72. The number of aryl methyl sites for hydroxylation is 1. The van der Waals surface area contributed by atoms with Crippen LogP contribution in [0.3, 0.4) is 0 Å². The average Bonchev–Trinajstić information content (AvgIpc) is 2.45. The molecule has 1 atom stereocenters. The second-order valence-electron chi connectivity index (χ2n) is 4.98. The fraction of sp³-hybridized carbons (Fsp3) is 0.294. The lowest BCUT2D eigenvalue weighted by Gasteiger charge is -2.12. The molecule has 0 unspecified atom stereocenters. The average molecular weight is 255 g/mol. The lowest BCUT2D eigenvalue weighted by Crippen LogP contribution is -2.28. The van der Waals surface area contributed by atoms with Gasteiger partial charge < -0.3 is 10.4 Å². The molecule has 2 rings (SSSR count). The first-order valence-electron chi connectivity index (χ1n) is 6.70. The van der Waals surface area contributed by atoms with E-state index in [1.54, 1.807) is 0 Å². The first-order valence-corrected chi connectivity index (χ1v) is 6.70. The van der Waals surface area contributed by atoms with Gasteiger partial charge in [-0.1, -0.05) is 42.5 Å². The van der Waals surface area contributed by atoms with Gasteiger partial charge in [-0.25, -0.2) is 0 Å². The highest BCUT2D eigenvalue weighted by atomic mass is 16.3. The Morgan fingerprint density at radius 3 is 2.63 bits per heavy atom. The van der Waals surface area contributed by atoms with E-state index in [0.29, 0.717) is 0 Å². The van der Waals surface area contributed by atoms with Gasteiger partial charge in [-0.05, 0) is 42.2 Å². The molecule has 0 radical (unpaired) electrons. The van der Waals surface area contributed by atoms with E-state index in [2.05, 4.69) is 60.8 Å². The fourth-order valence-corrected chi connectivity index (χ4v) is 2.10. The lowest BCUT2D eigenvalue weighted by atomic mass is 9.99. The summed E-state index contributed by atoms with van der Waals surface area (Å²) < 4.78 is 0. The summed E-state index contributed by atoms with van der Waals surface area (Å²) in [7, 11) is 0. The predicted octanol–water partition coefficient (Wildman–Crippen LogP) is 3.13. The Labute approximate surface area is 115 Å². The summed E-state index contributed by atoms with van der Waals surface area (Å²) in [6.45, 7) is 5.05. The van der Waals surface area contributed by atoms with E-state index in [-0.39, 0.29) is 12.6 Å². The van der Waals surface area contributed by atoms with Gasteiger partial charge in [-0.15, -0.1) is 0 Å². The maximum atomic E-state index is 9.02. The topological polar surface area (TPSA) is 32.3 Å². The SMILES string of the molecule is Cc1ccccc1-c1cccc(CN[C@H](C)CO)c1. The standard InChI is InChI=1S/C17H21NO/c1-13-6-3-4-9-17(13)16-8-5-7-15(10-16)11-18-14(2)12-19/h3-10,14,18-19H,11-12H2,1-2H3/t14-/m1/s1. The highest BCUT2D eigenvalue weighted by molar-refractivity contribution is 5.67. The second kappa shape index (κ2) is 6.50. The molecule has 0 aromatic heterocycles. The molecule has 0 aliphatic carbocycles. The van der Waals surface area contributed by atoms with Crippen LogP contribution in [0.2, 0.25) is 0 Å². The van der Waals surface area contributed by atoms with Gasteiger partial charge in [0.05, 0.1) is 6.61 Å². The summed E-state index contributed by atoms with van der Waals surface area (Å²) in [6.07, 6.45) is 0. The van der Waals surface area contributed by atoms with Crippen LogP contribution < -0.4 is 5.32 Å². The van der Waals surface area contributed by atoms with E-state index in [9.17, 15) is 0 Å². The third-order valence-electron chi connectivity index (χ3n) is 3.31. The summed E-state index contributed by atoms with van der Waals surface area (Å²) in [5, 5.41) is 12.3. The minimum Gasteiger partial charge on any atom is -0.395 e. The van der Waals surface area contributed by atoms with Crippen molar-refractivity contribution in [1.82, 2.24) is 5.32 Å². The molecule has 2 heteroatoms. The van der Waals surface area contributed by atoms with Crippen molar-refractivity contribution in [1.29, 1.82) is 0 Å². The van der Waals surface area contributed by atoms with Gasteiger partial charge >= 0.3 is 0 Å². The second-order valence-corrected chi connectivity index (χ2v) is 4.98. The van der Waals surface area contributed by atoms with Crippen LogP contribution in [0.5, 0.6) is 0 Å². The molecule has 0 amide bonds. The van der Waals surface area contributed by atoms with E-state index in [4.69, 9.17) is 5.11 Å². The van der Waals surface area contributed by atoms with Crippen LogP contribution in [0.25, 0.3) is 11.1 Å². The monoisotopic (exact) mass is 255 g/mol. The number of hydrogen-bond donors (Lipinski definition) is 2. The molecule has 2 nitrogen and oxygen atoms in total. The van der Waals surface area contributed by atoms with Gasteiger partial charge in [-0.2, -0.15) is 0 Å². The van der Waals surface area contributed by atoms with Gasteiger partial charge in [0.2, 0.25) is 0 Å². The molecular formula is C17H21NO. The maximum absolute atomic E-state index is 9.02. The lowest BCUT2D eigenvalue weighted by molar-refractivity contribution is 0.251. The van der Waals surface area contributed by atoms with Crippen molar-refractivity contribution in [3.05, 3.63) is 59.7 Å². The maximum Gasteiger partial charge on any atom is 0.0582 e. The van der Waals surface area contributed by atoms with Crippen molar-refractivity contribution in [2.24, 2.45) is 0 Å². The number of nitrogens with one attached hydrogen (secondary N) is 1. The minimum atomic E-state index is 0.127. The largest absolute Gasteiger partial charge is 0.395 e. The Balaban J connectivity index is 2.18. The third kappa shape index (κ3) is 3.66. The molecule has 2 N–H and O–H groups in total. The molecule has 0 saturated heterocycles. The first kappa shape index (κ1) is 13.8. The Morgan fingerprint density at radius 1 is 1.11 bits per heavy atom. The number of aliphatic hydroxyl groups excluding tert-OH is 1. The summed E-state index contributed by atoms with van der Waals surface area (Å²) in [4.78, 5) is 0. The van der Waals surface area contributed by atoms with Gasteiger partial charge in [0, 0.05) is 12.6 Å². The molecule has 0 spiro atoms. The minimum absolute atomic E-state index is 0.127. The van der Waals surface area contributed by atoms with Gasteiger partial charge in [0.15, 0.2) is 0 Å². The quantitative estimate of drug-likeness (QED) is 0.860. The number of aliphatic hydroxyl groups is 1. The van der Waals surface area contributed by atoms with E-state index in [1.807, 2.05) is 6.92 Å². The summed E-state index contributed by atoms with van der Waals surface area (Å²) in [6, 6.07) is 17.1. The van der Waals surface area contributed by atoms with Gasteiger partial charge in [-0.3, -0.25) is 0 Å². The van der Waals surface area contributed by atoms with Crippen LogP contribution in [0.15, 0.2) is 48.5 Å². The molecule has 0 aliphatic heterocycles. The Hall–Kier alpha value is -1.64. The first-order chi connectivity index (χ1) is 9.20. The van der Waals surface area contributed by atoms with Crippen LogP contribution in [-0.4, -0.2) is 17.8 Å². The van der Waals surface area contributed by atoms with Crippen molar-refractivity contribution in [2.75, 3.05) is 6.61 Å². The molecule has 19 heavy (non-hydrogen) atoms. The highest BCUT2D eigenvalue weighted by Gasteiger charge is 2.03. The van der Waals surface area contributed by atoms with Crippen molar-refractivity contribution in [3.63, 3.8) is 0 Å². The van der Waals surface area contributed by atoms with Gasteiger partial charge in [0.25, 0.3) is 0 Å². The zero-order chi connectivity index (χ0) is 13.7. The van der Waals surface area contributed by atoms with E-state index in [1.165, 1.54) is 22.3 Å². The molecule has 2 aromatic carbocycles. The van der Waals surface area contributed by atoms with Crippen LogP contribution in [0.4, 0.5) is 0 Å². The van der Waals surface area contributed by atoms with E-state index < -0.39 is 0 Å². The highest BCUT2D eigenvalue weighted by Crippen LogP contribution is 2.23. The number of rotatable bonds is 5. The summed E-state index contributed by atoms with van der Waals surface area (Å²) in [5.74, 6) is 0. The van der Waals surface area contributed by atoms with Crippen molar-refractivity contribution in [2.45, 2.75) is 26.4 Å². The van der Waals surface area contributed by atoms with Crippen molar-refractivity contribution < 1.29 is 5.11 Å². The molecule has 0 bridgehead atoms. The third-order valence-corrected chi connectivity index (χ3v) is 3.31. The predicted molar refractivity (Wildman–Crippen MR) is 80.0 cm³/mol. The van der Waals surface area contributed by atoms with Crippen LogP contribution in [-0.2, 0) is 6.54 Å². The molecule has 0 fully saturated rings. The van der Waals surface area contributed by atoms with E-state index >= 15 is 0 Å².